The summed E-state index contributed by atoms with van der Waals surface area (Å²) in [5.74, 6) is 1.04. The number of anilines is 1. The molecule has 1 aromatic heterocycles. The van der Waals surface area contributed by atoms with E-state index in [1.807, 2.05) is 31.7 Å². The minimum absolute atomic E-state index is 0.0927. The van der Waals surface area contributed by atoms with Gasteiger partial charge in [-0.05, 0) is 39.7 Å². The Balaban J connectivity index is 1.70. The highest BCUT2D eigenvalue weighted by Crippen LogP contribution is 2.36. The number of hydrogen-bond donors (Lipinski definition) is 0. The first-order chi connectivity index (χ1) is 12.8. The molecule has 7 nitrogen and oxygen atoms in total. The highest BCUT2D eigenvalue weighted by atomic mass is 16.6. The number of aromatic nitrogens is 1. The van der Waals surface area contributed by atoms with Crippen LogP contribution in [0.5, 0.6) is 0 Å². The molecule has 148 valence electrons. The van der Waals surface area contributed by atoms with Crippen molar-refractivity contribution in [1.82, 2.24) is 14.8 Å². The second kappa shape index (κ2) is 7.74. The molecule has 2 aliphatic heterocycles. The molecule has 27 heavy (non-hydrogen) atoms. The number of ether oxygens (including phenoxy) is 1. The van der Waals surface area contributed by atoms with Crippen molar-refractivity contribution in [1.29, 1.82) is 0 Å². The van der Waals surface area contributed by atoms with Gasteiger partial charge in [-0.2, -0.15) is 0 Å². The van der Waals surface area contributed by atoms with Crippen LogP contribution in [-0.2, 0) is 9.53 Å². The Kier molecular flexibility index (Phi) is 5.58. The van der Waals surface area contributed by atoms with Crippen molar-refractivity contribution in [3.63, 3.8) is 0 Å². The molecule has 0 unspecified atom stereocenters. The molecule has 1 atom stereocenters. The maximum absolute atomic E-state index is 12.3. The third-order valence-electron chi connectivity index (χ3n) is 5.06. The van der Waals surface area contributed by atoms with Crippen molar-refractivity contribution in [2.75, 3.05) is 37.6 Å². The second-order valence-corrected chi connectivity index (χ2v) is 8.24. The van der Waals surface area contributed by atoms with E-state index in [2.05, 4.69) is 16.0 Å². The van der Waals surface area contributed by atoms with Crippen LogP contribution in [0, 0.1) is 0 Å². The quantitative estimate of drug-likeness (QED) is 0.796. The summed E-state index contributed by atoms with van der Waals surface area (Å²) in [6.45, 7) is 10.7. The molecule has 2 aliphatic rings. The minimum Gasteiger partial charge on any atom is -0.444 e. The zero-order chi connectivity index (χ0) is 19.6. The van der Waals surface area contributed by atoms with E-state index >= 15 is 0 Å². The Morgan fingerprint density at radius 3 is 2.48 bits per heavy atom. The summed E-state index contributed by atoms with van der Waals surface area (Å²) in [7, 11) is 0. The SMILES string of the molecule is CC(=O)N1CCC[C@@H]1c1cccnc1N1CCN(C(=O)OC(C)(C)C)CC1. The zero-order valence-corrected chi connectivity index (χ0v) is 16.8. The van der Waals surface area contributed by atoms with Crippen LogP contribution in [0.2, 0.25) is 0 Å². The van der Waals surface area contributed by atoms with Gasteiger partial charge in [-0.3, -0.25) is 4.79 Å². The van der Waals surface area contributed by atoms with Crippen molar-refractivity contribution < 1.29 is 14.3 Å². The van der Waals surface area contributed by atoms with Crippen LogP contribution in [0.15, 0.2) is 18.3 Å². The molecule has 0 radical (unpaired) electrons. The van der Waals surface area contributed by atoms with Gasteiger partial charge < -0.3 is 19.4 Å². The van der Waals surface area contributed by atoms with E-state index in [4.69, 9.17) is 4.74 Å². The highest BCUT2D eigenvalue weighted by Gasteiger charge is 2.32. The fourth-order valence-corrected chi connectivity index (χ4v) is 3.83. The lowest BCUT2D eigenvalue weighted by Crippen LogP contribution is -2.50. The Morgan fingerprint density at radius 1 is 1.15 bits per heavy atom. The summed E-state index contributed by atoms with van der Waals surface area (Å²) >= 11 is 0. The van der Waals surface area contributed by atoms with E-state index in [0.717, 1.165) is 30.8 Å². The topological polar surface area (TPSA) is 66.0 Å². The number of carbonyl (C=O) groups excluding carboxylic acids is 2. The summed E-state index contributed by atoms with van der Waals surface area (Å²) < 4.78 is 5.47. The van der Waals surface area contributed by atoms with Crippen molar-refractivity contribution in [2.24, 2.45) is 0 Å². The van der Waals surface area contributed by atoms with E-state index in [0.29, 0.717) is 26.2 Å². The van der Waals surface area contributed by atoms with E-state index in [-0.39, 0.29) is 18.0 Å². The third kappa shape index (κ3) is 4.51. The van der Waals surface area contributed by atoms with Crippen molar-refractivity contribution in [2.45, 2.75) is 52.2 Å². The summed E-state index contributed by atoms with van der Waals surface area (Å²) in [6, 6.07) is 4.11. The number of hydrogen-bond acceptors (Lipinski definition) is 5. The van der Waals surface area contributed by atoms with Gasteiger partial charge in [0.25, 0.3) is 0 Å². The number of nitrogens with zero attached hydrogens (tertiary/aromatic N) is 4. The fourth-order valence-electron chi connectivity index (χ4n) is 3.83. The number of amides is 2. The van der Waals surface area contributed by atoms with E-state index in [1.54, 1.807) is 18.0 Å². The molecule has 0 aromatic carbocycles. The van der Waals surface area contributed by atoms with Gasteiger partial charge in [0.1, 0.15) is 11.4 Å². The Labute approximate surface area is 161 Å². The molecule has 2 saturated heterocycles. The molecular formula is C20H30N4O3. The van der Waals surface area contributed by atoms with Gasteiger partial charge in [-0.15, -0.1) is 0 Å². The van der Waals surface area contributed by atoms with Gasteiger partial charge in [0, 0.05) is 51.4 Å². The largest absolute Gasteiger partial charge is 0.444 e. The van der Waals surface area contributed by atoms with E-state index in [1.165, 1.54) is 0 Å². The minimum atomic E-state index is -0.485. The van der Waals surface area contributed by atoms with Crippen LogP contribution in [0.4, 0.5) is 10.6 Å². The second-order valence-electron chi connectivity index (χ2n) is 8.24. The smallest absolute Gasteiger partial charge is 0.410 e. The Morgan fingerprint density at radius 2 is 1.85 bits per heavy atom. The van der Waals surface area contributed by atoms with Crippen LogP contribution in [0.1, 0.15) is 52.1 Å². The standard InChI is InChI=1S/C20H30N4O3/c1-15(25)24-10-6-8-17(24)16-7-5-9-21-18(16)22-11-13-23(14-12-22)19(26)27-20(2,3)4/h5,7,9,17H,6,8,10-14H2,1-4H3/t17-/m1/s1. The van der Waals surface area contributed by atoms with Crippen molar-refractivity contribution >= 4 is 17.8 Å². The van der Waals surface area contributed by atoms with Gasteiger partial charge >= 0.3 is 6.09 Å². The summed E-state index contributed by atoms with van der Waals surface area (Å²) in [5.41, 5.74) is 0.622. The monoisotopic (exact) mass is 374 g/mol. The number of likely N-dealkylation sites (tertiary alicyclic amines) is 1. The predicted octanol–water partition coefficient (Wildman–Crippen LogP) is 2.82. The number of pyridine rings is 1. The average Bonchev–Trinajstić information content (AvgIpc) is 3.10. The van der Waals surface area contributed by atoms with Crippen LogP contribution >= 0.6 is 0 Å². The lowest BCUT2D eigenvalue weighted by atomic mass is 10.0. The number of carbonyl (C=O) groups is 2. The molecule has 3 heterocycles. The third-order valence-corrected chi connectivity index (χ3v) is 5.06. The summed E-state index contributed by atoms with van der Waals surface area (Å²) in [5, 5.41) is 0. The normalized spacial score (nSPS) is 20.7. The summed E-state index contributed by atoms with van der Waals surface area (Å²) in [4.78, 5) is 34.8. The number of piperazine rings is 1. The molecule has 2 fully saturated rings. The molecule has 0 aliphatic carbocycles. The molecule has 0 N–H and O–H groups in total. The van der Waals surface area contributed by atoms with Crippen LogP contribution in [0.3, 0.4) is 0 Å². The fraction of sp³-hybridized carbons (Fsp3) is 0.650. The Hall–Kier alpha value is -2.31. The zero-order valence-electron chi connectivity index (χ0n) is 16.8. The van der Waals surface area contributed by atoms with Crippen molar-refractivity contribution in [3.8, 4) is 0 Å². The first kappa shape index (κ1) is 19.5. The van der Waals surface area contributed by atoms with Gasteiger partial charge in [0.15, 0.2) is 0 Å². The van der Waals surface area contributed by atoms with Crippen molar-refractivity contribution in [3.05, 3.63) is 23.9 Å². The van der Waals surface area contributed by atoms with Crippen LogP contribution in [0.25, 0.3) is 0 Å². The van der Waals surface area contributed by atoms with Crippen LogP contribution < -0.4 is 4.90 Å². The Bertz CT molecular complexity index is 693. The lowest BCUT2D eigenvalue weighted by Gasteiger charge is -2.37. The molecule has 0 spiro atoms. The van der Waals surface area contributed by atoms with E-state index < -0.39 is 5.60 Å². The molecule has 2 amide bonds. The van der Waals surface area contributed by atoms with Gasteiger partial charge in [0.05, 0.1) is 6.04 Å². The van der Waals surface area contributed by atoms with Gasteiger partial charge in [-0.25, -0.2) is 9.78 Å². The molecular weight excluding hydrogens is 344 g/mol. The average molecular weight is 374 g/mol. The van der Waals surface area contributed by atoms with Gasteiger partial charge in [-0.1, -0.05) is 6.07 Å². The molecule has 0 bridgehead atoms. The number of rotatable bonds is 2. The van der Waals surface area contributed by atoms with Crippen LogP contribution in [-0.4, -0.2) is 65.1 Å². The molecule has 3 rings (SSSR count). The predicted molar refractivity (Wildman–Crippen MR) is 104 cm³/mol. The maximum atomic E-state index is 12.3. The molecule has 1 aromatic rings. The first-order valence-electron chi connectivity index (χ1n) is 9.71. The lowest BCUT2D eigenvalue weighted by molar-refractivity contribution is -0.129. The highest BCUT2D eigenvalue weighted by molar-refractivity contribution is 5.74. The first-order valence-corrected chi connectivity index (χ1v) is 9.71. The maximum Gasteiger partial charge on any atom is 0.410 e. The summed E-state index contributed by atoms with van der Waals surface area (Å²) in [6.07, 6.45) is 3.52. The molecule has 0 saturated carbocycles. The van der Waals surface area contributed by atoms with Gasteiger partial charge in [0.2, 0.25) is 5.91 Å². The molecule has 7 heteroatoms. The van der Waals surface area contributed by atoms with E-state index in [9.17, 15) is 9.59 Å².